The number of methoxy groups -OCH3 is 1. The van der Waals surface area contributed by atoms with Gasteiger partial charge >= 0.3 is 0 Å². The summed E-state index contributed by atoms with van der Waals surface area (Å²) in [6, 6.07) is 0.348. The van der Waals surface area contributed by atoms with Gasteiger partial charge in [-0.15, -0.1) is 0 Å². The fourth-order valence-corrected chi connectivity index (χ4v) is 2.17. The van der Waals surface area contributed by atoms with E-state index in [1.165, 1.54) is 0 Å². The highest BCUT2D eigenvalue weighted by molar-refractivity contribution is 4.93. The lowest BCUT2D eigenvalue weighted by atomic mass is 9.92. The molecule has 1 saturated heterocycles. The van der Waals surface area contributed by atoms with Crippen molar-refractivity contribution in [1.29, 1.82) is 0 Å². The molecule has 1 N–H and O–H groups in total. The minimum absolute atomic E-state index is 0.106. The van der Waals surface area contributed by atoms with Crippen LogP contribution in [0.25, 0.3) is 0 Å². The second kappa shape index (κ2) is 5.80. The molecule has 0 radical (unpaired) electrons. The van der Waals surface area contributed by atoms with Crippen molar-refractivity contribution in [3.8, 4) is 0 Å². The Morgan fingerprint density at radius 1 is 1.40 bits per heavy atom. The molecule has 0 aliphatic carbocycles. The van der Waals surface area contributed by atoms with Gasteiger partial charge < -0.3 is 14.8 Å². The number of likely N-dealkylation sites (N-methyl/N-ethyl adjacent to an activating group) is 1. The molecule has 0 saturated carbocycles. The van der Waals surface area contributed by atoms with Crippen molar-refractivity contribution >= 4 is 0 Å². The third kappa shape index (κ3) is 3.14. The van der Waals surface area contributed by atoms with Crippen LogP contribution in [-0.4, -0.2) is 63.5 Å². The van der Waals surface area contributed by atoms with Crippen LogP contribution in [0, 0.1) is 0 Å². The summed E-state index contributed by atoms with van der Waals surface area (Å²) in [6.45, 7) is 8.96. The first-order valence-corrected chi connectivity index (χ1v) is 5.62. The predicted octanol–water partition coefficient (Wildman–Crippen LogP) is 0.332. The maximum absolute atomic E-state index is 5.37. The maximum Gasteiger partial charge on any atom is 0.0633 e. The van der Waals surface area contributed by atoms with Crippen LogP contribution in [0.3, 0.4) is 0 Å². The molecule has 1 aliphatic heterocycles. The molecule has 90 valence electrons. The van der Waals surface area contributed by atoms with Gasteiger partial charge in [0.05, 0.1) is 19.8 Å². The van der Waals surface area contributed by atoms with Gasteiger partial charge in [0.15, 0.2) is 0 Å². The molecule has 0 aromatic rings. The second-order valence-corrected chi connectivity index (χ2v) is 4.55. The number of nitrogens with one attached hydrogen (secondary N) is 1. The minimum atomic E-state index is 0.106. The summed E-state index contributed by atoms with van der Waals surface area (Å²) in [5, 5.41) is 3.33. The first-order chi connectivity index (χ1) is 7.12. The lowest BCUT2D eigenvalue weighted by Crippen LogP contribution is -2.61. The first kappa shape index (κ1) is 12.9. The lowest BCUT2D eigenvalue weighted by Gasteiger charge is -2.45. The number of nitrogens with zero attached hydrogens (tertiary/aromatic N) is 1. The van der Waals surface area contributed by atoms with Gasteiger partial charge in [-0.05, 0) is 20.9 Å². The molecule has 0 aromatic carbocycles. The standard InChI is InChI=1S/C11H24N2O2/c1-11(2,10(12-3)9-14-4)13-5-7-15-8-6-13/h10,12H,5-9H2,1-4H3. The number of hydrogen-bond donors (Lipinski definition) is 1. The fourth-order valence-electron chi connectivity index (χ4n) is 2.17. The van der Waals surface area contributed by atoms with Crippen molar-refractivity contribution in [2.75, 3.05) is 47.1 Å². The molecule has 4 heteroatoms. The summed E-state index contributed by atoms with van der Waals surface area (Å²) in [7, 11) is 3.74. The number of morpholine rings is 1. The van der Waals surface area contributed by atoms with Crippen LogP contribution in [-0.2, 0) is 9.47 Å². The van der Waals surface area contributed by atoms with E-state index >= 15 is 0 Å². The molecule has 1 heterocycles. The highest BCUT2D eigenvalue weighted by atomic mass is 16.5. The Hall–Kier alpha value is -0.160. The predicted molar refractivity (Wildman–Crippen MR) is 61.2 cm³/mol. The van der Waals surface area contributed by atoms with Gasteiger partial charge in [0, 0.05) is 31.8 Å². The van der Waals surface area contributed by atoms with Crippen molar-refractivity contribution in [1.82, 2.24) is 10.2 Å². The SMILES string of the molecule is CNC(COC)C(C)(C)N1CCOCC1. The van der Waals surface area contributed by atoms with Gasteiger partial charge in [0.2, 0.25) is 0 Å². The van der Waals surface area contributed by atoms with Crippen LogP contribution in [0.15, 0.2) is 0 Å². The molecular weight excluding hydrogens is 192 g/mol. The smallest absolute Gasteiger partial charge is 0.0633 e. The average molecular weight is 216 g/mol. The second-order valence-electron chi connectivity index (χ2n) is 4.55. The Balaban J connectivity index is 2.60. The van der Waals surface area contributed by atoms with E-state index < -0.39 is 0 Å². The normalized spacial score (nSPS) is 21.6. The molecule has 1 fully saturated rings. The molecule has 0 amide bonds. The van der Waals surface area contributed by atoms with Crippen molar-refractivity contribution in [2.24, 2.45) is 0 Å². The van der Waals surface area contributed by atoms with Crippen molar-refractivity contribution < 1.29 is 9.47 Å². The Labute approximate surface area is 92.9 Å². The van der Waals surface area contributed by atoms with Crippen LogP contribution in [0.4, 0.5) is 0 Å². The van der Waals surface area contributed by atoms with Crippen LogP contribution in [0.2, 0.25) is 0 Å². The molecule has 1 unspecified atom stereocenters. The van der Waals surface area contributed by atoms with Crippen LogP contribution >= 0.6 is 0 Å². The van der Waals surface area contributed by atoms with E-state index in [0.29, 0.717) is 6.04 Å². The van der Waals surface area contributed by atoms with E-state index in [1.54, 1.807) is 7.11 Å². The topological polar surface area (TPSA) is 33.7 Å². The summed E-state index contributed by atoms with van der Waals surface area (Å²) in [5.41, 5.74) is 0.106. The van der Waals surface area contributed by atoms with Crippen molar-refractivity contribution in [3.05, 3.63) is 0 Å². The van der Waals surface area contributed by atoms with E-state index in [0.717, 1.165) is 32.9 Å². The fraction of sp³-hybridized carbons (Fsp3) is 1.00. The van der Waals surface area contributed by atoms with E-state index in [1.807, 2.05) is 7.05 Å². The third-order valence-corrected chi connectivity index (χ3v) is 3.36. The molecule has 1 aliphatic rings. The van der Waals surface area contributed by atoms with Gasteiger partial charge in [0.1, 0.15) is 0 Å². The zero-order valence-corrected chi connectivity index (χ0v) is 10.4. The van der Waals surface area contributed by atoms with Crippen molar-refractivity contribution in [3.63, 3.8) is 0 Å². The molecule has 15 heavy (non-hydrogen) atoms. The molecule has 1 rings (SSSR count). The molecule has 0 aromatic heterocycles. The highest BCUT2D eigenvalue weighted by Gasteiger charge is 2.35. The number of hydrogen-bond acceptors (Lipinski definition) is 4. The Morgan fingerprint density at radius 2 is 2.00 bits per heavy atom. The van der Waals surface area contributed by atoms with E-state index in [-0.39, 0.29) is 5.54 Å². The molecule has 0 bridgehead atoms. The van der Waals surface area contributed by atoms with Crippen molar-refractivity contribution in [2.45, 2.75) is 25.4 Å². The summed E-state index contributed by atoms with van der Waals surface area (Å²) in [6.07, 6.45) is 0. The largest absolute Gasteiger partial charge is 0.383 e. The summed E-state index contributed by atoms with van der Waals surface area (Å²) < 4.78 is 10.6. The Bertz CT molecular complexity index is 173. The number of ether oxygens (including phenoxy) is 2. The summed E-state index contributed by atoms with van der Waals surface area (Å²) in [5.74, 6) is 0. The quantitative estimate of drug-likeness (QED) is 0.718. The van der Waals surface area contributed by atoms with Crippen LogP contribution in [0.1, 0.15) is 13.8 Å². The zero-order chi connectivity index (χ0) is 11.3. The van der Waals surface area contributed by atoms with Gasteiger partial charge in [-0.2, -0.15) is 0 Å². The van der Waals surface area contributed by atoms with Crippen LogP contribution < -0.4 is 5.32 Å². The van der Waals surface area contributed by atoms with Crippen LogP contribution in [0.5, 0.6) is 0 Å². The molecule has 0 spiro atoms. The highest BCUT2D eigenvalue weighted by Crippen LogP contribution is 2.20. The average Bonchev–Trinajstić information content (AvgIpc) is 2.27. The van der Waals surface area contributed by atoms with Gasteiger partial charge in [0.25, 0.3) is 0 Å². The van der Waals surface area contributed by atoms with E-state index in [9.17, 15) is 0 Å². The third-order valence-electron chi connectivity index (χ3n) is 3.36. The van der Waals surface area contributed by atoms with Gasteiger partial charge in [-0.25, -0.2) is 0 Å². The lowest BCUT2D eigenvalue weighted by molar-refractivity contribution is -0.0326. The molecule has 1 atom stereocenters. The first-order valence-electron chi connectivity index (χ1n) is 5.62. The summed E-state index contributed by atoms with van der Waals surface area (Å²) >= 11 is 0. The van der Waals surface area contributed by atoms with Gasteiger partial charge in [-0.3, -0.25) is 4.90 Å². The Kier molecular flexibility index (Phi) is 4.99. The zero-order valence-electron chi connectivity index (χ0n) is 10.4. The number of rotatable bonds is 5. The monoisotopic (exact) mass is 216 g/mol. The Morgan fingerprint density at radius 3 is 2.47 bits per heavy atom. The molecular formula is C11H24N2O2. The van der Waals surface area contributed by atoms with E-state index in [2.05, 4.69) is 24.1 Å². The van der Waals surface area contributed by atoms with Gasteiger partial charge in [-0.1, -0.05) is 0 Å². The molecule has 4 nitrogen and oxygen atoms in total. The summed E-state index contributed by atoms with van der Waals surface area (Å²) in [4.78, 5) is 2.47. The minimum Gasteiger partial charge on any atom is -0.383 e. The maximum atomic E-state index is 5.37. The van der Waals surface area contributed by atoms with E-state index in [4.69, 9.17) is 9.47 Å².